The molecule has 1 aliphatic rings. The highest BCUT2D eigenvalue weighted by Crippen LogP contribution is 2.31. The summed E-state index contributed by atoms with van der Waals surface area (Å²) in [6.45, 7) is 5.18. The van der Waals surface area contributed by atoms with Gasteiger partial charge in [0.1, 0.15) is 0 Å². The third-order valence-electron chi connectivity index (χ3n) is 5.26. The van der Waals surface area contributed by atoms with Crippen LogP contribution in [0.3, 0.4) is 0 Å². The molecule has 1 N–H and O–H groups in total. The van der Waals surface area contributed by atoms with E-state index in [-0.39, 0.29) is 11.8 Å². The number of hydrogen-bond acceptors (Lipinski definition) is 7. The number of carbonyl (C=O) groups is 1. The molecule has 0 atom stereocenters. The summed E-state index contributed by atoms with van der Waals surface area (Å²) in [7, 11) is 3.19. The van der Waals surface area contributed by atoms with Crippen molar-refractivity contribution in [1.29, 1.82) is 0 Å². The van der Waals surface area contributed by atoms with Crippen LogP contribution in [0.15, 0.2) is 22.7 Å². The van der Waals surface area contributed by atoms with Crippen LogP contribution >= 0.6 is 0 Å². The molecule has 2 heterocycles. The van der Waals surface area contributed by atoms with Crippen LogP contribution in [0.4, 0.5) is 0 Å². The van der Waals surface area contributed by atoms with Gasteiger partial charge in [0, 0.05) is 18.0 Å². The molecule has 1 aromatic heterocycles. The maximum absolute atomic E-state index is 12.2. The molecule has 158 valence electrons. The Morgan fingerprint density at radius 1 is 1.24 bits per heavy atom. The van der Waals surface area contributed by atoms with Gasteiger partial charge in [0.2, 0.25) is 17.6 Å². The predicted octanol–water partition coefficient (Wildman–Crippen LogP) is 2.88. The monoisotopic (exact) mass is 402 g/mol. The van der Waals surface area contributed by atoms with Gasteiger partial charge in [-0.2, -0.15) is 4.98 Å². The van der Waals surface area contributed by atoms with Gasteiger partial charge >= 0.3 is 0 Å². The molecule has 0 radical (unpaired) electrons. The van der Waals surface area contributed by atoms with Crippen molar-refractivity contribution in [2.45, 2.75) is 39.2 Å². The van der Waals surface area contributed by atoms with Gasteiger partial charge in [-0.15, -0.1) is 0 Å². The van der Waals surface area contributed by atoms with Crippen LogP contribution in [-0.4, -0.2) is 54.8 Å². The highest BCUT2D eigenvalue weighted by atomic mass is 16.5. The molecule has 1 amide bonds. The first-order valence-electron chi connectivity index (χ1n) is 10.2. The first-order valence-corrected chi connectivity index (χ1v) is 10.2. The summed E-state index contributed by atoms with van der Waals surface area (Å²) in [6, 6.07) is 5.52. The second-order valence-corrected chi connectivity index (χ2v) is 7.28. The molecule has 8 heteroatoms. The number of hydrogen-bond donors (Lipinski definition) is 1. The van der Waals surface area contributed by atoms with E-state index in [9.17, 15) is 4.79 Å². The van der Waals surface area contributed by atoms with Crippen LogP contribution in [0.2, 0.25) is 0 Å². The van der Waals surface area contributed by atoms with E-state index < -0.39 is 0 Å². The molecule has 1 aromatic carbocycles. The third kappa shape index (κ3) is 5.47. The molecular weight excluding hydrogens is 372 g/mol. The van der Waals surface area contributed by atoms with Crippen molar-refractivity contribution >= 4 is 5.91 Å². The largest absolute Gasteiger partial charge is 0.493 e. The van der Waals surface area contributed by atoms with Crippen molar-refractivity contribution in [2.24, 2.45) is 5.92 Å². The first kappa shape index (κ1) is 21.1. The number of amides is 1. The van der Waals surface area contributed by atoms with Crippen molar-refractivity contribution in [3.8, 4) is 22.9 Å². The average Bonchev–Trinajstić information content (AvgIpc) is 3.22. The number of likely N-dealkylation sites (tertiary alicyclic amines) is 1. The lowest BCUT2D eigenvalue weighted by Gasteiger charge is -2.30. The zero-order valence-electron chi connectivity index (χ0n) is 17.4. The zero-order chi connectivity index (χ0) is 20.6. The molecule has 29 heavy (non-hydrogen) atoms. The normalized spacial score (nSPS) is 15.3. The quantitative estimate of drug-likeness (QED) is 0.645. The Bertz CT molecular complexity index is 800. The molecule has 1 fully saturated rings. The fraction of sp³-hybridized carbons (Fsp3) is 0.571. The summed E-state index contributed by atoms with van der Waals surface area (Å²) < 4.78 is 16.0. The highest BCUT2D eigenvalue weighted by molar-refractivity contribution is 5.78. The van der Waals surface area contributed by atoms with Crippen LogP contribution in [0.1, 0.15) is 38.5 Å². The van der Waals surface area contributed by atoms with Gasteiger partial charge in [-0.05, 0) is 50.6 Å². The number of methoxy groups -OCH3 is 2. The van der Waals surface area contributed by atoms with Crippen LogP contribution in [0.25, 0.3) is 11.4 Å². The summed E-state index contributed by atoms with van der Waals surface area (Å²) in [4.78, 5) is 19.0. The number of ether oxygens (including phenoxy) is 2. The predicted molar refractivity (Wildman–Crippen MR) is 109 cm³/mol. The van der Waals surface area contributed by atoms with Crippen molar-refractivity contribution in [3.63, 3.8) is 0 Å². The molecule has 2 aromatic rings. The van der Waals surface area contributed by atoms with Gasteiger partial charge in [-0.25, -0.2) is 0 Å². The SMILES string of the molecule is CCCCNC(=O)C1CCN(Cc2nc(-c3ccc(OC)c(OC)c3)no2)CC1. The summed E-state index contributed by atoms with van der Waals surface area (Å²) >= 11 is 0. The Kier molecular flexibility index (Phi) is 7.46. The number of benzene rings is 1. The lowest BCUT2D eigenvalue weighted by atomic mass is 9.96. The number of unbranched alkanes of at least 4 members (excludes halogenated alkanes) is 1. The average molecular weight is 402 g/mol. The molecule has 0 bridgehead atoms. The number of piperidine rings is 1. The Labute approximate surface area is 171 Å². The molecule has 0 unspecified atom stereocenters. The van der Waals surface area contributed by atoms with E-state index in [1.165, 1.54) is 0 Å². The van der Waals surface area contributed by atoms with Gasteiger partial charge in [-0.3, -0.25) is 9.69 Å². The van der Waals surface area contributed by atoms with Crippen molar-refractivity contribution in [1.82, 2.24) is 20.4 Å². The van der Waals surface area contributed by atoms with Gasteiger partial charge < -0.3 is 19.3 Å². The molecule has 0 spiro atoms. The molecule has 0 saturated carbocycles. The number of nitrogens with zero attached hydrogens (tertiary/aromatic N) is 3. The molecule has 8 nitrogen and oxygen atoms in total. The molecule has 1 saturated heterocycles. The fourth-order valence-corrected chi connectivity index (χ4v) is 3.49. The van der Waals surface area contributed by atoms with E-state index in [0.29, 0.717) is 29.8 Å². The van der Waals surface area contributed by atoms with E-state index in [1.54, 1.807) is 14.2 Å². The molecular formula is C21H30N4O4. The smallest absolute Gasteiger partial charge is 0.241 e. The summed E-state index contributed by atoms with van der Waals surface area (Å²) in [5.41, 5.74) is 0.806. The highest BCUT2D eigenvalue weighted by Gasteiger charge is 2.25. The topological polar surface area (TPSA) is 89.7 Å². The van der Waals surface area contributed by atoms with Crippen molar-refractivity contribution in [3.05, 3.63) is 24.1 Å². The van der Waals surface area contributed by atoms with Gasteiger partial charge in [0.05, 0.1) is 20.8 Å². The minimum absolute atomic E-state index is 0.105. The van der Waals surface area contributed by atoms with Crippen molar-refractivity contribution < 1.29 is 18.8 Å². The number of aromatic nitrogens is 2. The van der Waals surface area contributed by atoms with Gasteiger partial charge in [0.15, 0.2) is 11.5 Å². The number of nitrogens with one attached hydrogen (secondary N) is 1. The Morgan fingerprint density at radius 2 is 2.00 bits per heavy atom. The van der Waals surface area contributed by atoms with Crippen LogP contribution in [0.5, 0.6) is 11.5 Å². The number of carbonyl (C=O) groups excluding carboxylic acids is 1. The third-order valence-corrected chi connectivity index (χ3v) is 5.26. The van der Waals surface area contributed by atoms with E-state index in [1.807, 2.05) is 18.2 Å². The standard InChI is InChI=1S/C21H30N4O4/c1-4-5-10-22-21(26)15-8-11-25(12-9-15)14-19-23-20(24-29-19)16-6-7-17(27-2)18(13-16)28-3/h6-7,13,15H,4-5,8-12,14H2,1-3H3,(H,22,26). The Balaban J connectivity index is 1.53. The minimum Gasteiger partial charge on any atom is -0.493 e. The summed E-state index contributed by atoms with van der Waals surface area (Å²) in [6.07, 6.45) is 3.83. The maximum Gasteiger partial charge on any atom is 0.241 e. The fourth-order valence-electron chi connectivity index (χ4n) is 3.49. The second-order valence-electron chi connectivity index (χ2n) is 7.28. The van der Waals surface area contributed by atoms with Crippen LogP contribution in [0, 0.1) is 5.92 Å². The minimum atomic E-state index is 0.105. The lowest BCUT2D eigenvalue weighted by molar-refractivity contribution is -0.126. The Morgan fingerprint density at radius 3 is 2.69 bits per heavy atom. The molecule has 1 aliphatic heterocycles. The van der Waals surface area contributed by atoms with Gasteiger partial charge in [0.25, 0.3) is 0 Å². The molecule has 3 rings (SSSR count). The van der Waals surface area contributed by atoms with Crippen molar-refractivity contribution in [2.75, 3.05) is 33.9 Å². The first-order chi connectivity index (χ1) is 14.1. The van der Waals surface area contributed by atoms with Crippen LogP contribution in [-0.2, 0) is 11.3 Å². The van der Waals surface area contributed by atoms with E-state index in [2.05, 4.69) is 27.3 Å². The maximum atomic E-state index is 12.2. The lowest BCUT2D eigenvalue weighted by Crippen LogP contribution is -2.40. The Hall–Kier alpha value is -2.61. The second kappa shape index (κ2) is 10.2. The van der Waals surface area contributed by atoms with E-state index in [4.69, 9.17) is 14.0 Å². The van der Waals surface area contributed by atoms with Crippen LogP contribution < -0.4 is 14.8 Å². The van der Waals surface area contributed by atoms with E-state index in [0.717, 1.165) is 50.9 Å². The number of rotatable bonds is 9. The summed E-state index contributed by atoms with van der Waals surface area (Å²) in [5, 5.41) is 7.13. The van der Waals surface area contributed by atoms with Gasteiger partial charge in [-0.1, -0.05) is 18.5 Å². The zero-order valence-corrected chi connectivity index (χ0v) is 17.4. The summed E-state index contributed by atoms with van der Waals surface area (Å²) in [5.74, 6) is 2.66. The van der Waals surface area contributed by atoms with E-state index >= 15 is 0 Å². The molecule has 0 aliphatic carbocycles.